The topological polar surface area (TPSA) is 21.3 Å². The Balaban J connectivity index is 2.44. The largest absolute Gasteiger partial charge is 0.502 e. The third-order valence-electron chi connectivity index (χ3n) is 2.46. The molecule has 0 fully saturated rings. The molecular weight excluding hydrogens is 257 g/mol. The van der Waals surface area contributed by atoms with Gasteiger partial charge in [0.05, 0.1) is 22.9 Å². The minimum Gasteiger partial charge on any atom is -0.502 e. The Kier molecular flexibility index (Phi) is 6.41. The molecule has 1 atom stereocenters. The van der Waals surface area contributed by atoms with Gasteiger partial charge in [-0.05, 0) is 31.5 Å². The average Bonchev–Trinajstić information content (AvgIpc) is 2.32. The third-order valence-corrected chi connectivity index (χ3v) is 3.29. The summed E-state index contributed by atoms with van der Waals surface area (Å²) >= 11 is 12.1. The Hall–Kier alpha value is -0.700. The van der Waals surface area contributed by atoms with Crippen molar-refractivity contribution in [3.05, 3.63) is 46.6 Å². The van der Waals surface area contributed by atoms with Crippen molar-refractivity contribution in [1.82, 2.24) is 5.32 Å². The Morgan fingerprint density at radius 1 is 1.47 bits per heavy atom. The molecule has 1 rings (SSSR count). The van der Waals surface area contributed by atoms with Crippen molar-refractivity contribution >= 4 is 23.2 Å². The van der Waals surface area contributed by atoms with Crippen LogP contribution in [-0.2, 0) is 4.74 Å². The summed E-state index contributed by atoms with van der Waals surface area (Å²) in [7, 11) is 0. The number of rotatable bonds is 7. The fourth-order valence-electron chi connectivity index (χ4n) is 1.52. The van der Waals surface area contributed by atoms with E-state index in [2.05, 4.69) is 18.8 Å². The normalized spacial score (nSPS) is 12.2. The molecule has 0 spiro atoms. The number of benzene rings is 1. The summed E-state index contributed by atoms with van der Waals surface area (Å²) in [6, 6.07) is 5.84. The van der Waals surface area contributed by atoms with Gasteiger partial charge < -0.3 is 10.1 Å². The van der Waals surface area contributed by atoms with Crippen molar-refractivity contribution < 1.29 is 4.74 Å². The summed E-state index contributed by atoms with van der Waals surface area (Å²) in [5.74, 6) is 0. The van der Waals surface area contributed by atoms with Gasteiger partial charge in [-0.3, -0.25) is 0 Å². The van der Waals surface area contributed by atoms with E-state index in [1.807, 2.05) is 12.1 Å². The Bertz CT molecular complexity index is 368. The first-order valence-corrected chi connectivity index (χ1v) is 6.32. The third kappa shape index (κ3) is 4.58. The zero-order valence-corrected chi connectivity index (χ0v) is 11.4. The minimum absolute atomic E-state index is 0.171. The highest BCUT2D eigenvalue weighted by atomic mass is 35.5. The van der Waals surface area contributed by atoms with E-state index < -0.39 is 0 Å². The summed E-state index contributed by atoms with van der Waals surface area (Å²) in [6.07, 6.45) is 2.38. The zero-order valence-electron chi connectivity index (χ0n) is 9.88. The molecule has 0 amide bonds. The molecule has 1 aromatic carbocycles. The predicted molar refractivity (Wildman–Crippen MR) is 73.6 cm³/mol. The lowest BCUT2D eigenvalue weighted by Gasteiger charge is -2.16. The second-order valence-electron chi connectivity index (χ2n) is 3.71. The Labute approximate surface area is 113 Å². The standard InChI is InChI=1S/C13H17Cl2NO/c1-3-17-9-5-8-16-10(2)11-6-4-7-12(14)13(11)15/h3-4,6-7,10,16H,1,5,8-9H2,2H3. The van der Waals surface area contributed by atoms with Gasteiger partial charge in [0.25, 0.3) is 0 Å². The number of ether oxygens (including phenoxy) is 1. The van der Waals surface area contributed by atoms with Gasteiger partial charge in [0, 0.05) is 6.04 Å². The number of hydrogen-bond donors (Lipinski definition) is 1. The second-order valence-corrected chi connectivity index (χ2v) is 4.50. The van der Waals surface area contributed by atoms with Crippen molar-refractivity contribution in [2.45, 2.75) is 19.4 Å². The van der Waals surface area contributed by atoms with E-state index in [4.69, 9.17) is 27.9 Å². The SMILES string of the molecule is C=COCCCNC(C)c1cccc(Cl)c1Cl. The summed E-state index contributed by atoms with van der Waals surface area (Å²) < 4.78 is 5.04. The molecule has 2 nitrogen and oxygen atoms in total. The quantitative estimate of drug-likeness (QED) is 0.594. The second kappa shape index (κ2) is 7.59. The lowest BCUT2D eigenvalue weighted by molar-refractivity contribution is 0.243. The van der Waals surface area contributed by atoms with Crippen LogP contribution in [0.4, 0.5) is 0 Å². The average molecular weight is 274 g/mol. The summed E-state index contributed by atoms with van der Waals surface area (Å²) in [5, 5.41) is 4.58. The van der Waals surface area contributed by atoms with Crippen molar-refractivity contribution in [2.24, 2.45) is 0 Å². The van der Waals surface area contributed by atoms with Crippen LogP contribution in [-0.4, -0.2) is 13.2 Å². The summed E-state index contributed by atoms with van der Waals surface area (Å²) in [6.45, 7) is 7.08. The fourth-order valence-corrected chi connectivity index (χ4v) is 1.99. The molecule has 1 N–H and O–H groups in total. The Morgan fingerprint density at radius 2 is 2.24 bits per heavy atom. The summed E-state index contributed by atoms with van der Waals surface area (Å²) in [4.78, 5) is 0. The predicted octanol–water partition coefficient (Wildman–Crippen LogP) is 4.19. The van der Waals surface area contributed by atoms with Crippen LogP contribution in [0, 0.1) is 0 Å². The molecule has 0 aliphatic carbocycles. The van der Waals surface area contributed by atoms with Crippen LogP contribution >= 0.6 is 23.2 Å². The molecule has 0 aromatic heterocycles. The summed E-state index contributed by atoms with van der Waals surface area (Å²) in [5.41, 5.74) is 1.02. The lowest BCUT2D eigenvalue weighted by Crippen LogP contribution is -2.21. The van der Waals surface area contributed by atoms with E-state index in [9.17, 15) is 0 Å². The van der Waals surface area contributed by atoms with Gasteiger partial charge in [-0.2, -0.15) is 0 Å². The van der Waals surface area contributed by atoms with E-state index in [1.165, 1.54) is 6.26 Å². The van der Waals surface area contributed by atoms with Crippen LogP contribution in [0.3, 0.4) is 0 Å². The van der Waals surface area contributed by atoms with E-state index in [0.717, 1.165) is 18.5 Å². The van der Waals surface area contributed by atoms with Crippen LogP contribution in [0.15, 0.2) is 31.0 Å². The first kappa shape index (κ1) is 14.4. The molecule has 0 saturated carbocycles. The fraction of sp³-hybridized carbons (Fsp3) is 0.385. The minimum atomic E-state index is 0.171. The number of hydrogen-bond acceptors (Lipinski definition) is 2. The van der Waals surface area contributed by atoms with E-state index in [-0.39, 0.29) is 6.04 Å². The van der Waals surface area contributed by atoms with Crippen molar-refractivity contribution in [3.63, 3.8) is 0 Å². The highest BCUT2D eigenvalue weighted by Crippen LogP contribution is 2.29. The van der Waals surface area contributed by atoms with Gasteiger partial charge in [0.1, 0.15) is 0 Å². The monoisotopic (exact) mass is 273 g/mol. The van der Waals surface area contributed by atoms with E-state index in [0.29, 0.717) is 16.7 Å². The maximum atomic E-state index is 6.14. The highest BCUT2D eigenvalue weighted by Gasteiger charge is 2.10. The van der Waals surface area contributed by atoms with Gasteiger partial charge in [-0.15, -0.1) is 0 Å². The maximum Gasteiger partial charge on any atom is 0.0885 e. The molecule has 0 saturated heterocycles. The van der Waals surface area contributed by atoms with Gasteiger partial charge in [-0.25, -0.2) is 0 Å². The lowest BCUT2D eigenvalue weighted by atomic mass is 10.1. The van der Waals surface area contributed by atoms with E-state index >= 15 is 0 Å². The van der Waals surface area contributed by atoms with Crippen molar-refractivity contribution in [3.8, 4) is 0 Å². The molecule has 0 aliphatic rings. The molecule has 0 heterocycles. The molecule has 4 heteroatoms. The smallest absolute Gasteiger partial charge is 0.0885 e. The van der Waals surface area contributed by atoms with Crippen molar-refractivity contribution in [1.29, 1.82) is 0 Å². The van der Waals surface area contributed by atoms with Gasteiger partial charge in [-0.1, -0.05) is 41.9 Å². The molecule has 0 aliphatic heterocycles. The number of nitrogens with one attached hydrogen (secondary N) is 1. The number of halogens is 2. The van der Waals surface area contributed by atoms with Gasteiger partial charge >= 0.3 is 0 Å². The Morgan fingerprint density at radius 3 is 2.94 bits per heavy atom. The molecule has 17 heavy (non-hydrogen) atoms. The van der Waals surface area contributed by atoms with Crippen molar-refractivity contribution in [2.75, 3.05) is 13.2 Å². The van der Waals surface area contributed by atoms with Crippen LogP contribution in [0.5, 0.6) is 0 Å². The van der Waals surface area contributed by atoms with Gasteiger partial charge in [0.15, 0.2) is 0 Å². The zero-order chi connectivity index (χ0) is 12.7. The first-order valence-electron chi connectivity index (χ1n) is 5.56. The highest BCUT2D eigenvalue weighted by molar-refractivity contribution is 6.42. The molecule has 1 aromatic rings. The first-order chi connectivity index (χ1) is 8.16. The molecule has 0 bridgehead atoms. The van der Waals surface area contributed by atoms with Crippen LogP contribution in [0.2, 0.25) is 10.0 Å². The van der Waals surface area contributed by atoms with E-state index in [1.54, 1.807) is 6.07 Å². The molecular formula is C13H17Cl2NO. The van der Waals surface area contributed by atoms with Crippen LogP contribution in [0.1, 0.15) is 24.9 Å². The van der Waals surface area contributed by atoms with Crippen LogP contribution < -0.4 is 5.32 Å². The van der Waals surface area contributed by atoms with Gasteiger partial charge in [0.2, 0.25) is 0 Å². The molecule has 1 unspecified atom stereocenters. The maximum absolute atomic E-state index is 6.14. The molecule has 0 radical (unpaired) electrons. The molecule has 94 valence electrons. The van der Waals surface area contributed by atoms with Crippen LogP contribution in [0.25, 0.3) is 0 Å².